The first-order valence-corrected chi connectivity index (χ1v) is 8.05. The molecule has 0 amide bonds. The van der Waals surface area contributed by atoms with Crippen LogP contribution in [0.2, 0.25) is 0 Å². The van der Waals surface area contributed by atoms with E-state index < -0.39 is 0 Å². The third-order valence-electron chi connectivity index (χ3n) is 4.24. The minimum absolute atomic E-state index is 0.295. The second-order valence-electron chi connectivity index (χ2n) is 5.67. The number of aromatic amines is 1. The van der Waals surface area contributed by atoms with Gasteiger partial charge in [-0.1, -0.05) is 54.6 Å². The van der Waals surface area contributed by atoms with Crippen LogP contribution in [-0.4, -0.2) is 17.6 Å². The minimum atomic E-state index is -0.295. The molecule has 3 heteroatoms. The summed E-state index contributed by atoms with van der Waals surface area (Å²) in [5, 5.41) is 2.26. The van der Waals surface area contributed by atoms with Crippen LogP contribution in [-0.2, 0) is 4.74 Å². The van der Waals surface area contributed by atoms with Crippen molar-refractivity contribution in [1.82, 2.24) is 4.98 Å². The fourth-order valence-electron chi connectivity index (χ4n) is 3.20. The lowest BCUT2D eigenvalue weighted by Gasteiger charge is -2.11. The Kier molecular flexibility index (Phi) is 3.54. The zero-order valence-corrected chi connectivity index (χ0v) is 13.4. The summed E-state index contributed by atoms with van der Waals surface area (Å²) in [6.07, 6.45) is 0. The fourth-order valence-corrected chi connectivity index (χ4v) is 3.20. The highest BCUT2D eigenvalue weighted by Crippen LogP contribution is 2.36. The van der Waals surface area contributed by atoms with Crippen LogP contribution >= 0.6 is 0 Å². The molecule has 0 saturated carbocycles. The Morgan fingerprint density at radius 1 is 0.917 bits per heavy atom. The molecule has 1 aromatic heterocycles. The minimum Gasteiger partial charge on any atom is -0.462 e. The predicted molar refractivity (Wildman–Crippen MR) is 97.2 cm³/mol. The molecule has 3 nitrogen and oxygen atoms in total. The summed E-state index contributed by atoms with van der Waals surface area (Å²) < 4.78 is 5.26. The van der Waals surface area contributed by atoms with Crippen molar-refractivity contribution in [2.24, 2.45) is 0 Å². The lowest BCUT2D eigenvalue weighted by atomic mass is 9.96. The number of fused-ring (bicyclic) bond motifs is 3. The van der Waals surface area contributed by atoms with E-state index in [4.69, 9.17) is 4.74 Å². The highest BCUT2D eigenvalue weighted by Gasteiger charge is 2.19. The Hall–Kier alpha value is -3.07. The molecule has 0 aliphatic heterocycles. The molecule has 4 aromatic rings. The summed E-state index contributed by atoms with van der Waals surface area (Å²) in [4.78, 5) is 15.9. The van der Waals surface area contributed by atoms with Gasteiger partial charge in [0.25, 0.3) is 0 Å². The Bertz CT molecular complexity index is 1030. The normalized spacial score (nSPS) is 11.0. The van der Waals surface area contributed by atoms with Gasteiger partial charge in [-0.2, -0.15) is 0 Å². The molecule has 0 atom stereocenters. The summed E-state index contributed by atoms with van der Waals surface area (Å²) in [5.41, 5.74) is 4.50. The standard InChI is InChI=1S/C21H17NO2/c1-2-24-21(23)17-13-12-16-15-10-6-7-11-18(15)22-20(16)19(17)14-8-4-3-5-9-14/h3-13,22H,2H2,1H3. The summed E-state index contributed by atoms with van der Waals surface area (Å²) >= 11 is 0. The van der Waals surface area contributed by atoms with Crippen LogP contribution in [0.15, 0.2) is 66.7 Å². The molecule has 0 bridgehead atoms. The quantitative estimate of drug-likeness (QED) is 0.530. The number of ether oxygens (including phenoxy) is 1. The Morgan fingerprint density at radius 2 is 1.67 bits per heavy atom. The van der Waals surface area contributed by atoms with Crippen LogP contribution in [0.25, 0.3) is 32.9 Å². The number of rotatable bonds is 3. The number of H-pyrrole nitrogens is 1. The lowest BCUT2D eigenvalue weighted by Crippen LogP contribution is -2.06. The fraction of sp³-hybridized carbons (Fsp3) is 0.0952. The van der Waals surface area contributed by atoms with E-state index in [0.29, 0.717) is 12.2 Å². The largest absolute Gasteiger partial charge is 0.462 e. The summed E-state index contributed by atoms with van der Waals surface area (Å²) in [7, 11) is 0. The van der Waals surface area contributed by atoms with Gasteiger partial charge in [-0.15, -0.1) is 0 Å². The SMILES string of the molecule is CCOC(=O)c1ccc2c([nH]c3ccccc32)c1-c1ccccc1. The average Bonchev–Trinajstić information content (AvgIpc) is 3.00. The molecule has 3 aromatic carbocycles. The van der Waals surface area contributed by atoms with Crippen molar-refractivity contribution in [3.63, 3.8) is 0 Å². The van der Waals surface area contributed by atoms with Gasteiger partial charge in [0.2, 0.25) is 0 Å². The van der Waals surface area contributed by atoms with E-state index in [2.05, 4.69) is 11.1 Å². The highest BCUT2D eigenvalue weighted by atomic mass is 16.5. The number of nitrogens with one attached hydrogen (secondary N) is 1. The van der Waals surface area contributed by atoms with Crippen LogP contribution in [0.4, 0.5) is 0 Å². The molecular weight excluding hydrogens is 298 g/mol. The van der Waals surface area contributed by atoms with Crippen molar-refractivity contribution in [3.05, 3.63) is 72.3 Å². The number of carbonyl (C=O) groups excluding carboxylic acids is 1. The Morgan fingerprint density at radius 3 is 2.46 bits per heavy atom. The molecule has 0 fully saturated rings. The van der Waals surface area contributed by atoms with Gasteiger partial charge in [-0.25, -0.2) is 4.79 Å². The topological polar surface area (TPSA) is 42.1 Å². The van der Waals surface area contributed by atoms with E-state index in [1.165, 1.54) is 0 Å². The molecular formula is C21H17NO2. The zero-order chi connectivity index (χ0) is 16.5. The van der Waals surface area contributed by atoms with Crippen LogP contribution in [0, 0.1) is 0 Å². The smallest absolute Gasteiger partial charge is 0.338 e. The number of para-hydroxylation sites is 1. The van der Waals surface area contributed by atoms with E-state index in [9.17, 15) is 4.79 Å². The van der Waals surface area contributed by atoms with Gasteiger partial charge in [-0.05, 0) is 24.6 Å². The number of hydrogen-bond donors (Lipinski definition) is 1. The van der Waals surface area contributed by atoms with Crippen molar-refractivity contribution in [2.45, 2.75) is 6.92 Å². The van der Waals surface area contributed by atoms with Gasteiger partial charge < -0.3 is 9.72 Å². The molecule has 4 rings (SSSR count). The first-order valence-electron chi connectivity index (χ1n) is 8.05. The summed E-state index contributed by atoms with van der Waals surface area (Å²) in [6, 6.07) is 22.0. The molecule has 0 unspecified atom stereocenters. The van der Waals surface area contributed by atoms with E-state index >= 15 is 0 Å². The van der Waals surface area contributed by atoms with Gasteiger partial charge in [0.05, 0.1) is 17.7 Å². The molecule has 118 valence electrons. The summed E-state index contributed by atoms with van der Waals surface area (Å²) in [5.74, 6) is -0.295. The van der Waals surface area contributed by atoms with Crippen molar-refractivity contribution in [2.75, 3.05) is 6.61 Å². The highest BCUT2D eigenvalue weighted by molar-refractivity contribution is 6.15. The molecule has 1 N–H and O–H groups in total. The number of carbonyl (C=O) groups is 1. The van der Waals surface area contributed by atoms with E-state index in [1.807, 2.05) is 67.6 Å². The molecule has 0 saturated heterocycles. The zero-order valence-electron chi connectivity index (χ0n) is 13.4. The van der Waals surface area contributed by atoms with Crippen LogP contribution in [0.5, 0.6) is 0 Å². The van der Waals surface area contributed by atoms with Gasteiger partial charge in [0.15, 0.2) is 0 Å². The maximum Gasteiger partial charge on any atom is 0.338 e. The second kappa shape index (κ2) is 5.85. The second-order valence-corrected chi connectivity index (χ2v) is 5.67. The van der Waals surface area contributed by atoms with E-state index in [0.717, 1.165) is 32.9 Å². The third-order valence-corrected chi connectivity index (χ3v) is 4.24. The number of aromatic nitrogens is 1. The predicted octanol–water partition coefficient (Wildman–Crippen LogP) is 5.16. The number of benzene rings is 3. The third kappa shape index (κ3) is 2.26. The maximum atomic E-state index is 12.5. The van der Waals surface area contributed by atoms with E-state index in [-0.39, 0.29) is 5.97 Å². The lowest BCUT2D eigenvalue weighted by molar-refractivity contribution is 0.0527. The van der Waals surface area contributed by atoms with Gasteiger partial charge in [0.1, 0.15) is 0 Å². The van der Waals surface area contributed by atoms with Gasteiger partial charge in [-0.3, -0.25) is 0 Å². The van der Waals surface area contributed by atoms with Crippen molar-refractivity contribution in [3.8, 4) is 11.1 Å². The van der Waals surface area contributed by atoms with Crippen molar-refractivity contribution < 1.29 is 9.53 Å². The van der Waals surface area contributed by atoms with Crippen molar-refractivity contribution >= 4 is 27.8 Å². The molecule has 0 aliphatic carbocycles. The first-order chi connectivity index (χ1) is 11.8. The van der Waals surface area contributed by atoms with Crippen LogP contribution < -0.4 is 0 Å². The Balaban J connectivity index is 2.09. The van der Waals surface area contributed by atoms with Crippen LogP contribution in [0.1, 0.15) is 17.3 Å². The first kappa shape index (κ1) is 14.5. The Labute approximate surface area is 139 Å². The monoisotopic (exact) mass is 315 g/mol. The maximum absolute atomic E-state index is 12.5. The average molecular weight is 315 g/mol. The van der Waals surface area contributed by atoms with Gasteiger partial charge >= 0.3 is 5.97 Å². The van der Waals surface area contributed by atoms with Crippen molar-refractivity contribution in [1.29, 1.82) is 0 Å². The summed E-state index contributed by atoms with van der Waals surface area (Å²) in [6.45, 7) is 2.18. The van der Waals surface area contributed by atoms with E-state index in [1.54, 1.807) is 0 Å². The number of hydrogen-bond acceptors (Lipinski definition) is 2. The van der Waals surface area contributed by atoms with Crippen LogP contribution in [0.3, 0.4) is 0 Å². The molecule has 0 spiro atoms. The molecule has 0 aliphatic rings. The molecule has 1 heterocycles. The number of esters is 1. The molecule has 0 radical (unpaired) electrons. The van der Waals surface area contributed by atoms with Gasteiger partial charge in [0, 0.05) is 21.9 Å². The molecule has 24 heavy (non-hydrogen) atoms.